The molecule has 1 aliphatic heterocycles. The standard InChI is InChI=1S/C14H19N3O4/c1-17-6-2-3-10(17)8-15-14(21)16-9-4-5-11(13(19)20)12(18)7-9/h4-5,7,10,18H,2-3,6,8H2,1H3,(H,19,20)(H2,15,16,21). The average Bonchev–Trinajstić information content (AvgIpc) is 2.81. The lowest BCUT2D eigenvalue weighted by molar-refractivity contribution is 0.0694. The SMILES string of the molecule is CN1CCCC1CNC(=O)Nc1ccc(C(=O)O)c(O)c1. The van der Waals surface area contributed by atoms with E-state index in [1.54, 1.807) is 0 Å². The summed E-state index contributed by atoms with van der Waals surface area (Å²) in [5, 5.41) is 23.7. The summed E-state index contributed by atoms with van der Waals surface area (Å²) < 4.78 is 0. The largest absolute Gasteiger partial charge is 0.507 e. The molecule has 21 heavy (non-hydrogen) atoms. The predicted octanol–water partition coefficient (Wildman–Crippen LogP) is 1.31. The maximum absolute atomic E-state index is 11.8. The summed E-state index contributed by atoms with van der Waals surface area (Å²) in [6, 6.07) is 3.86. The number of aromatic carboxylic acids is 1. The molecular formula is C14H19N3O4. The van der Waals surface area contributed by atoms with Gasteiger partial charge in [-0.25, -0.2) is 9.59 Å². The third-order valence-corrected chi connectivity index (χ3v) is 3.66. The molecule has 114 valence electrons. The Morgan fingerprint density at radius 2 is 2.19 bits per heavy atom. The molecule has 1 heterocycles. The van der Waals surface area contributed by atoms with Crippen LogP contribution in [0.25, 0.3) is 0 Å². The fourth-order valence-electron chi connectivity index (χ4n) is 2.41. The van der Waals surface area contributed by atoms with Crippen LogP contribution in [0.4, 0.5) is 10.5 Å². The second-order valence-corrected chi connectivity index (χ2v) is 5.15. The number of nitrogens with one attached hydrogen (secondary N) is 2. The Morgan fingerprint density at radius 1 is 1.43 bits per heavy atom. The van der Waals surface area contributed by atoms with Gasteiger partial charge in [0.2, 0.25) is 0 Å². The van der Waals surface area contributed by atoms with Gasteiger partial charge < -0.3 is 25.7 Å². The molecule has 1 aliphatic rings. The molecule has 2 rings (SSSR count). The van der Waals surface area contributed by atoms with Crippen LogP contribution in [0, 0.1) is 0 Å². The number of hydrogen-bond acceptors (Lipinski definition) is 4. The lowest BCUT2D eigenvalue weighted by Gasteiger charge is -2.19. The number of nitrogens with zero attached hydrogens (tertiary/aromatic N) is 1. The van der Waals surface area contributed by atoms with E-state index in [0.717, 1.165) is 19.4 Å². The number of likely N-dealkylation sites (tertiary alicyclic amines) is 1. The highest BCUT2D eigenvalue weighted by Crippen LogP contribution is 2.21. The van der Waals surface area contributed by atoms with Crippen molar-refractivity contribution >= 4 is 17.7 Å². The Morgan fingerprint density at radius 3 is 2.76 bits per heavy atom. The maximum Gasteiger partial charge on any atom is 0.339 e. The Kier molecular flexibility index (Phi) is 4.64. The molecule has 0 bridgehead atoms. The van der Waals surface area contributed by atoms with Gasteiger partial charge >= 0.3 is 12.0 Å². The van der Waals surface area contributed by atoms with Gasteiger partial charge in [-0.15, -0.1) is 0 Å². The Labute approximate surface area is 122 Å². The first-order chi connectivity index (χ1) is 9.97. The molecule has 0 aromatic heterocycles. The number of urea groups is 1. The zero-order valence-electron chi connectivity index (χ0n) is 11.8. The van der Waals surface area contributed by atoms with Crippen molar-refractivity contribution in [1.82, 2.24) is 10.2 Å². The Balaban J connectivity index is 1.87. The number of carboxylic acids is 1. The lowest BCUT2D eigenvalue weighted by atomic mass is 10.2. The monoisotopic (exact) mass is 293 g/mol. The zero-order valence-corrected chi connectivity index (χ0v) is 11.8. The fourth-order valence-corrected chi connectivity index (χ4v) is 2.41. The molecule has 0 aliphatic carbocycles. The van der Waals surface area contributed by atoms with Crippen LogP contribution < -0.4 is 10.6 Å². The number of carboxylic acid groups (broad SMARTS) is 1. The third-order valence-electron chi connectivity index (χ3n) is 3.66. The van der Waals surface area contributed by atoms with Gasteiger partial charge in [0.05, 0.1) is 0 Å². The van der Waals surface area contributed by atoms with Crippen LogP contribution in [0.5, 0.6) is 5.75 Å². The Bertz CT molecular complexity index is 547. The van der Waals surface area contributed by atoms with Crippen molar-refractivity contribution in [2.24, 2.45) is 0 Å². The van der Waals surface area contributed by atoms with E-state index in [1.165, 1.54) is 18.2 Å². The number of carbonyl (C=O) groups excluding carboxylic acids is 1. The molecule has 7 heteroatoms. The van der Waals surface area contributed by atoms with Crippen LogP contribution in [-0.4, -0.2) is 53.3 Å². The number of aromatic hydroxyl groups is 1. The van der Waals surface area contributed by atoms with E-state index in [1.807, 2.05) is 7.05 Å². The highest BCUT2D eigenvalue weighted by Gasteiger charge is 2.21. The summed E-state index contributed by atoms with van der Waals surface area (Å²) >= 11 is 0. The van der Waals surface area contributed by atoms with E-state index in [2.05, 4.69) is 15.5 Å². The van der Waals surface area contributed by atoms with Crippen LogP contribution in [0.15, 0.2) is 18.2 Å². The van der Waals surface area contributed by atoms with Crippen molar-refractivity contribution in [2.75, 3.05) is 25.5 Å². The topological polar surface area (TPSA) is 102 Å². The summed E-state index contributed by atoms with van der Waals surface area (Å²) in [5.41, 5.74) is 0.142. The molecule has 0 radical (unpaired) electrons. The van der Waals surface area contributed by atoms with Gasteiger partial charge in [0.15, 0.2) is 0 Å². The number of carbonyl (C=O) groups is 2. The number of phenols is 1. The van der Waals surface area contributed by atoms with E-state index in [4.69, 9.17) is 5.11 Å². The van der Waals surface area contributed by atoms with Gasteiger partial charge in [0, 0.05) is 24.3 Å². The quantitative estimate of drug-likeness (QED) is 0.670. The number of likely N-dealkylation sites (N-methyl/N-ethyl adjacent to an activating group) is 1. The van der Waals surface area contributed by atoms with Crippen LogP contribution >= 0.6 is 0 Å². The normalized spacial score (nSPS) is 18.4. The molecule has 4 N–H and O–H groups in total. The van der Waals surface area contributed by atoms with E-state index in [9.17, 15) is 14.7 Å². The molecule has 2 amide bonds. The highest BCUT2D eigenvalue weighted by atomic mass is 16.4. The number of amides is 2. The van der Waals surface area contributed by atoms with Crippen molar-refractivity contribution in [2.45, 2.75) is 18.9 Å². The second kappa shape index (κ2) is 6.45. The smallest absolute Gasteiger partial charge is 0.339 e. The molecule has 1 atom stereocenters. The molecule has 1 saturated heterocycles. The molecule has 1 aromatic rings. The van der Waals surface area contributed by atoms with E-state index >= 15 is 0 Å². The summed E-state index contributed by atoms with van der Waals surface area (Å²) in [6.07, 6.45) is 2.19. The van der Waals surface area contributed by atoms with Gasteiger partial charge in [0.25, 0.3) is 0 Å². The van der Waals surface area contributed by atoms with Gasteiger partial charge in [0.1, 0.15) is 11.3 Å². The fraction of sp³-hybridized carbons (Fsp3) is 0.429. The third kappa shape index (κ3) is 3.85. The van der Waals surface area contributed by atoms with E-state index in [-0.39, 0.29) is 17.3 Å². The Hall–Kier alpha value is -2.28. The number of rotatable bonds is 4. The van der Waals surface area contributed by atoms with Crippen molar-refractivity contribution in [3.05, 3.63) is 23.8 Å². The summed E-state index contributed by atoms with van der Waals surface area (Å²) in [5.74, 6) is -1.59. The molecule has 1 aromatic carbocycles. The molecular weight excluding hydrogens is 274 g/mol. The molecule has 1 unspecified atom stereocenters. The lowest BCUT2D eigenvalue weighted by Crippen LogP contribution is -2.40. The first-order valence-electron chi connectivity index (χ1n) is 6.79. The zero-order chi connectivity index (χ0) is 15.4. The van der Waals surface area contributed by atoms with E-state index < -0.39 is 5.97 Å². The molecule has 1 fully saturated rings. The van der Waals surface area contributed by atoms with Crippen molar-refractivity contribution in [1.29, 1.82) is 0 Å². The summed E-state index contributed by atoms with van der Waals surface area (Å²) in [6.45, 7) is 1.60. The van der Waals surface area contributed by atoms with Crippen LogP contribution in [0.3, 0.4) is 0 Å². The van der Waals surface area contributed by atoms with Crippen molar-refractivity contribution in [3.63, 3.8) is 0 Å². The van der Waals surface area contributed by atoms with Gasteiger partial charge in [-0.05, 0) is 38.6 Å². The molecule has 0 spiro atoms. The number of benzene rings is 1. The van der Waals surface area contributed by atoms with Crippen LogP contribution in [0.2, 0.25) is 0 Å². The minimum atomic E-state index is -1.22. The van der Waals surface area contributed by atoms with Gasteiger partial charge in [-0.1, -0.05) is 0 Å². The maximum atomic E-state index is 11.8. The molecule has 0 saturated carbocycles. The highest BCUT2D eigenvalue weighted by molar-refractivity contribution is 5.93. The minimum Gasteiger partial charge on any atom is -0.507 e. The minimum absolute atomic E-state index is 0.200. The second-order valence-electron chi connectivity index (χ2n) is 5.15. The van der Waals surface area contributed by atoms with Crippen LogP contribution in [-0.2, 0) is 0 Å². The van der Waals surface area contributed by atoms with Gasteiger partial charge in [-0.3, -0.25) is 0 Å². The number of anilines is 1. The summed E-state index contributed by atoms with van der Waals surface area (Å²) in [7, 11) is 2.03. The van der Waals surface area contributed by atoms with Crippen molar-refractivity contribution in [3.8, 4) is 5.75 Å². The first-order valence-corrected chi connectivity index (χ1v) is 6.79. The number of hydrogen-bond donors (Lipinski definition) is 4. The summed E-state index contributed by atoms with van der Waals surface area (Å²) in [4.78, 5) is 24.7. The molecule has 7 nitrogen and oxygen atoms in total. The van der Waals surface area contributed by atoms with Crippen LogP contribution in [0.1, 0.15) is 23.2 Å². The average molecular weight is 293 g/mol. The predicted molar refractivity (Wildman–Crippen MR) is 77.7 cm³/mol. The van der Waals surface area contributed by atoms with E-state index in [0.29, 0.717) is 18.3 Å². The van der Waals surface area contributed by atoms with Gasteiger partial charge in [-0.2, -0.15) is 0 Å². The first kappa shape index (κ1) is 15.1. The van der Waals surface area contributed by atoms with Crippen molar-refractivity contribution < 1.29 is 19.8 Å².